The van der Waals surface area contributed by atoms with Gasteiger partial charge >= 0.3 is 6.09 Å². The molecule has 8 heteroatoms. The van der Waals surface area contributed by atoms with Crippen molar-refractivity contribution in [2.24, 2.45) is 5.92 Å². The zero-order valence-corrected chi connectivity index (χ0v) is 23.6. The first-order valence-electron chi connectivity index (χ1n) is 13.8. The third-order valence-electron chi connectivity index (χ3n) is 6.81. The van der Waals surface area contributed by atoms with E-state index in [-0.39, 0.29) is 18.1 Å². The minimum absolute atomic E-state index is 0.0589. The van der Waals surface area contributed by atoms with Gasteiger partial charge in [-0.15, -0.1) is 0 Å². The van der Waals surface area contributed by atoms with Crippen molar-refractivity contribution in [1.82, 2.24) is 10.6 Å². The maximum Gasteiger partial charge on any atom is 0.407 e. The molecule has 1 heterocycles. The first-order valence-corrected chi connectivity index (χ1v) is 13.8. The van der Waals surface area contributed by atoms with Gasteiger partial charge in [0.25, 0.3) is 0 Å². The first kappa shape index (κ1) is 29.7. The Kier molecular flexibility index (Phi) is 9.68. The Morgan fingerprint density at radius 3 is 2.12 bits per heavy atom. The van der Waals surface area contributed by atoms with Crippen LogP contribution in [0.15, 0.2) is 97.0 Å². The summed E-state index contributed by atoms with van der Waals surface area (Å²) in [6.45, 7) is 5.31. The quantitative estimate of drug-likeness (QED) is 0.265. The highest BCUT2D eigenvalue weighted by molar-refractivity contribution is 5.80. The van der Waals surface area contributed by atoms with Crippen LogP contribution in [0.4, 0.5) is 4.79 Å². The Labute approximate surface area is 241 Å². The van der Waals surface area contributed by atoms with Crippen molar-refractivity contribution >= 4 is 12.0 Å². The number of hydrogen-bond acceptors (Lipinski definition) is 6. The summed E-state index contributed by atoms with van der Waals surface area (Å²) < 4.78 is 10.9. The van der Waals surface area contributed by atoms with Gasteiger partial charge in [0.1, 0.15) is 23.7 Å². The summed E-state index contributed by atoms with van der Waals surface area (Å²) in [6, 6.07) is 24.7. The Morgan fingerprint density at radius 2 is 1.49 bits per heavy atom. The monoisotopic (exact) mass is 558 g/mol. The number of rotatable bonds is 10. The summed E-state index contributed by atoms with van der Waals surface area (Å²) in [5.41, 5.74) is 1.77. The minimum atomic E-state index is -1.08. The smallest absolute Gasteiger partial charge is 0.407 e. The number of benzene rings is 3. The van der Waals surface area contributed by atoms with Crippen molar-refractivity contribution in [1.29, 1.82) is 0 Å². The maximum atomic E-state index is 13.8. The van der Waals surface area contributed by atoms with E-state index in [4.69, 9.17) is 9.47 Å². The molecule has 4 rings (SSSR count). The normalized spacial score (nSPS) is 16.7. The number of hydrogen-bond donors (Lipinski definition) is 4. The Morgan fingerprint density at radius 1 is 0.902 bits per heavy atom. The molecule has 0 saturated heterocycles. The van der Waals surface area contributed by atoms with Gasteiger partial charge in [0.05, 0.1) is 12.1 Å². The van der Waals surface area contributed by atoms with Crippen LogP contribution in [0.1, 0.15) is 49.9 Å². The molecule has 0 bridgehead atoms. The number of ether oxygens (including phenoxy) is 2. The molecule has 3 aromatic carbocycles. The van der Waals surface area contributed by atoms with Crippen molar-refractivity contribution < 1.29 is 29.3 Å². The van der Waals surface area contributed by atoms with Crippen LogP contribution >= 0.6 is 0 Å². The van der Waals surface area contributed by atoms with Gasteiger partial charge in [0, 0.05) is 11.5 Å². The van der Waals surface area contributed by atoms with Crippen LogP contribution in [-0.4, -0.2) is 40.0 Å². The number of aliphatic hydroxyl groups is 2. The molecule has 0 saturated carbocycles. The highest BCUT2D eigenvalue weighted by atomic mass is 16.6. The van der Waals surface area contributed by atoms with Crippen LogP contribution in [0.25, 0.3) is 0 Å². The van der Waals surface area contributed by atoms with Crippen molar-refractivity contribution in [3.05, 3.63) is 114 Å². The predicted molar refractivity (Wildman–Crippen MR) is 156 cm³/mol. The molecule has 0 aliphatic carbocycles. The van der Waals surface area contributed by atoms with Crippen LogP contribution in [0.3, 0.4) is 0 Å². The van der Waals surface area contributed by atoms with Crippen molar-refractivity contribution in [3.8, 4) is 5.75 Å². The molecule has 0 spiro atoms. The SMILES string of the molecule is CC(C)(C)OC(=O)N[C@@H](Cc1ccccc1)[C@@H](O)C[C@@H](Cc1ccccc1)C(=O)NC1C(O)=COc2ccccc21. The van der Waals surface area contributed by atoms with Gasteiger partial charge in [-0.05, 0) is 57.2 Å². The van der Waals surface area contributed by atoms with Gasteiger partial charge in [-0.2, -0.15) is 0 Å². The third kappa shape index (κ3) is 8.59. The number of para-hydroxylation sites is 1. The molecule has 8 nitrogen and oxygen atoms in total. The van der Waals surface area contributed by atoms with E-state index in [0.29, 0.717) is 24.2 Å². The van der Waals surface area contributed by atoms with Gasteiger partial charge in [0.15, 0.2) is 5.76 Å². The van der Waals surface area contributed by atoms with Gasteiger partial charge in [-0.25, -0.2) is 4.79 Å². The van der Waals surface area contributed by atoms with Gasteiger partial charge in [-0.1, -0.05) is 78.9 Å². The molecule has 2 amide bonds. The lowest BCUT2D eigenvalue weighted by atomic mass is 9.88. The highest BCUT2D eigenvalue weighted by Gasteiger charge is 2.33. The molecule has 1 aliphatic rings. The summed E-state index contributed by atoms with van der Waals surface area (Å²) in [5, 5.41) is 27.8. The number of nitrogens with one attached hydrogen (secondary N) is 2. The molecule has 0 radical (unpaired) electrons. The van der Waals surface area contributed by atoms with Crippen LogP contribution in [0.2, 0.25) is 0 Å². The molecule has 1 aliphatic heterocycles. The molecule has 216 valence electrons. The lowest BCUT2D eigenvalue weighted by molar-refractivity contribution is -0.127. The second-order valence-electron chi connectivity index (χ2n) is 11.3. The average Bonchev–Trinajstić information content (AvgIpc) is 2.94. The fraction of sp³-hybridized carbons (Fsp3) is 0.333. The molecule has 1 unspecified atom stereocenters. The third-order valence-corrected chi connectivity index (χ3v) is 6.81. The van der Waals surface area contributed by atoms with E-state index < -0.39 is 35.8 Å². The van der Waals surface area contributed by atoms with E-state index in [2.05, 4.69) is 10.6 Å². The molecule has 4 atom stereocenters. The first-order chi connectivity index (χ1) is 19.6. The zero-order valence-electron chi connectivity index (χ0n) is 23.6. The lowest BCUT2D eigenvalue weighted by Gasteiger charge is -2.30. The summed E-state index contributed by atoms with van der Waals surface area (Å²) in [6.07, 6.45) is 0.253. The Balaban J connectivity index is 1.57. The number of alkyl carbamates (subject to hydrolysis) is 1. The Bertz CT molecular complexity index is 1340. The van der Waals surface area contributed by atoms with Gasteiger partial charge in [0.2, 0.25) is 5.91 Å². The van der Waals surface area contributed by atoms with E-state index in [1.807, 2.05) is 72.8 Å². The van der Waals surface area contributed by atoms with E-state index in [9.17, 15) is 19.8 Å². The average molecular weight is 559 g/mol. The Hall–Kier alpha value is -4.30. The van der Waals surface area contributed by atoms with E-state index in [1.165, 1.54) is 6.26 Å². The van der Waals surface area contributed by atoms with Crippen LogP contribution in [-0.2, 0) is 22.4 Å². The number of amides is 2. The minimum Gasteiger partial charge on any atom is -0.507 e. The van der Waals surface area contributed by atoms with Crippen molar-refractivity contribution in [3.63, 3.8) is 0 Å². The zero-order chi connectivity index (χ0) is 29.4. The van der Waals surface area contributed by atoms with Crippen molar-refractivity contribution in [2.75, 3.05) is 0 Å². The van der Waals surface area contributed by atoms with E-state index >= 15 is 0 Å². The van der Waals surface area contributed by atoms with Crippen LogP contribution in [0, 0.1) is 5.92 Å². The summed E-state index contributed by atoms with van der Waals surface area (Å²) in [5.74, 6) is -0.594. The molecule has 0 aromatic heterocycles. The number of carbonyl (C=O) groups excluding carboxylic acids is 2. The molecule has 0 fully saturated rings. The van der Waals surface area contributed by atoms with Crippen LogP contribution < -0.4 is 15.4 Å². The standard InChI is InChI=1S/C33H38N2O6/c1-33(2,3)41-32(39)34-26(19-23-14-8-5-9-15-23)27(36)20-24(18-22-12-6-4-7-13-22)31(38)35-30-25-16-10-11-17-29(25)40-21-28(30)37/h4-17,21,24,26-27,30,36-37H,18-20H2,1-3H3,(H,34,39)(H,35,38)/t24-,26+,27+,30?/m1/s1. The van der Waals surface area contributed by atoms with Gasteiger partial charge in [-0.3, -0.25) is 4.79 Å². The summed E-state index contributed by atoms with van der Waals surface area (Å²) >= 11 is 0. The van der Waals surface area contributed by atoms with E-state index in [0.717, 1.165) is 11.1 Å². The second kappa shape index (κ2) is 13.4. The molecular weight excluding hydrogens is 520 g/mol. The number of carbonyl (C=O) groups is 2. The maximum absolute atomic E-state index is 13.8. The largest absolute Gasteiger partial charge is 0.507 e. The molecule has 3 aromatic rings. The van der Waals surface area contributed by atoms with E-state index in [1.54, 1.807) is 32.9 Å². The number of fused-ring (bicyclic) bond motifs is 1. The highest BCUT2D eigenvalue weighted by Crippen LogP contribution is 2.33. The fourth-order valence-corrected chi connectivity index (χ4v) is 4.84. The fourth-order valence-electron chi connectivity index (χ4n) is 4.84. The molecule has 41 heavy (non-hydrogen) atoms. The summed E-state index contributed by atoms with van der Waals surface area (Å²) in [4.78, 5) is 26.5. The lowest BCUT2D eigenvalue weighted by Crippen LogP contribution is -2.48. The summed E-state index contributed by atoms with van der Waals surface area (Å²) in [7, 11) is 0. The second-order valence-corrected chi connectivity index (χ2v) is 11.3. The molecular formula is C33H38N2O6. The molecule has 4 N–H and O–H groups in total. The van der Waals surface area contributed by atoms with Crippen LogP contribution in [0.5, 0.6) is 5.75 Å². The van der Waals surface area contributed by atoms with Crippen molar-refractivity contribution in [2.45, 2.75) is 63.8 Å². The topological polar surface area (TPSA) is 117 Å². The number of aliphatic hydroxyl groups excluding tert-OH is 2. The predicted octanol–water partition coefficient (Wildman–Crippen LogP) is 5.38. The van der Waals surface area contributed by atoms with Gasteiger partial charge < -0.3 is 30.3 Å².